The maximum Gasteiger partial charge on any atom is 0.475 e. The van der Waals surface area contributed by atoms with E-state index in [0.717, 1.165) is 0 Å². The first-order valence-corrected chi connectivity index (χ1v) is 11.6. The van der Waals surface area contributed by atoms with Crippen LogP contribution in [-0.2, 0) is 22.9 Å². The van der Waals surface area contributed by atoms with Crippen LogP contribution in [0, 0.1) is 3.57 Å². The zero-order valence-electron chi connectivity index (χ0n) is 17.3. The van der Waals surface area contributed by atoms with E-state index in [9.17, 15) is 19.3 Å². The van der Waals surface area contributed by atoms with Crippen molar-refractivity contribution in [1.29, 1.82) is 0 Å². The highest BCUT2D eigenvalue weighted by Crippen LogP contribution is 2.55. The summed E-state index contributed by atoms with van der Waals surface area (Å²) in [4.78, 5) is 25.8. The van der Waals surface area contributed by atoms with Crippen LogP contribution < -0.4 is 11.2 Å². The van der Waals surface area contributed by atoms with E-state index in [2.05, 4.69) is 4.98 Å². The molecular formula is C17H28IN2O8P. The first-order chi connectivity index (χ1) is 13.1. The highest BCUT2D eigenvalue weighted by molar-refractivity contribution is 14.1. The smallest absolute Gasteiger partial charge is 0.390 e. The summed E-state index contributed by atoms with van der Waals surface area (Å²) in [6, 6.07) is 0. The number of aliphatic hydroxyl groups excluding tert-OH is 1. The lowest BCUT2D eigenvalue weighted by Crippen LogP contribution is -2.33. The molecule has 0 aliphatic carbocycles. The van der Waals surface area contributed by atoms with Crippen molar-refractivity contribution < 1.29 is 28.0 Å². The fraction of sp³-hybridized carbons (Fsp3) is 0.765. The molecule has 0 spiro atoms. The summed E-state index contributed by atoms with van der Waals surface area (Å²) in [6.45, 7) is 10.0. The molecule has 0 radical (unpaired) electrons. The van der Waals surface area contributed by atoms with Crippen LogP contribution in [0.5, 0.6) is 0 Å². The summed E-state index contributed by atoms with van der Waals surface area (Å²) in [5.74, 6) is 0. The Labute approximate surface area is 182 Å². The average molecular weight is 544 g/mol. The molecule has 2 heterocycles. The van der Waals surface area contributed by atoms with Gasteiger partial charge in [0.15, 0.2) is 0 Å². The number of rotatable bonds is 6. The molecule has 2 rings (SSSR count). The van der Waals surface area contributed by atoms with Gasteiger partial charge in [-0.1, -0.05) is 0 Å². The van der Waals surface area contributed by atoms with Gasteiger partial charge in [0.1, 0.15) is 12.3 Å². The van der Waals surface area contributed by atoms with Gasteiger partial charge in [-0.05, 0) is 64.1 Å². The molecule has 1 saturated heterocycles. The van der Waals surface area contributed by atoms with Gasteiger partial charge < -0.3 is 9.84 Å². The van der Waals surface area contributed by atoms with Gasteiger partial charge in [0.05, 0.1) is 27.5 Å². The quantitative estimate of drug-likeness (QED) is 0.413. The number of aliphatic hydroxyl groups is 1. The lowest BCUT2D eigenvalue weighted by atomic mass is 10.2. The molecule has 12 heteroatoms. The van der Waals surface area contributed by atoms with Crippen molar-refractivity contribution in [3.05, 3.63) is 30.6 Å². The number of nitrogens with one attached hydrogen (secondary N) is 1. The van der Waals surface area contributed by atoms with Crippen molar-refractivity contribution in [3.8, 4) is 0 Å². The van der Waals surface area contributed by atoms with E-state index < -0.39 is 48.7 Å². The molecule has 1 aromatic rings. The van der Waals surface area contributed by atoms with E-state index >= 15 is 0 Å². The van der Waals surface area contributed by atoms with Crippen LogP contribution in [0.15, 0.2) is 15.8 Å². The molecule has 1 fully saturated rings. The minimum Gasteiger partial charge on any atom is -0.390 e. The van der Waals surface area contributed by atoms with Crippen molar-refractivity contribution in [2.24, 2.45) is 0 Å². The lowest BCUT2D eigenvalue weighted by Gasteiger charge is -2.31. The summed E-state index contributed by atoms with van der Waals surface area (Å²) < 4.78 is 36.9. The topological polar surface area (TPSA) is 129 Å². The number of hydrogen-bond donors (Lipinski definition) is 2. The van der Waals surface area contributed by atoms with Crippen LogP contribution in [0.2, 0.25) is 0 Å². The molecule has 2 N–H and O–H groups in total. The number of halogens is 1. The Morgan fingerprint density at radius 3 is 2.31 bits per heavy atom. The summed E-state index contributed by atoms with van der Waals surface area (Å²) in [7, 11) is -3.97. The number of phosphoric ester groups is 1. The average Bonchev–Trinajstić information content (AvgIpc) is 2.86. The number of aromatic amines is 1. The molecule has 1 aromatic heterocycles. The predicted molar refractivity (Wildman–Crippen MR) is 114 cm³/mol. The van der Waals surface area contributed by atoms with Gasteiger partial charge in [-0.3, -0.25) is 27.9 Å². The molecule has 10 nitrogen and oxygen atoms in total. The van der Waals surface area contributed by atoms with Gasteiger partial charge in [0, 0.05) is 12.6 Å². The molecule has 1 aliphatic rings. The molecular weight excluding hydrogens is 516 g/mol. The normalized spacial score (nSPS) is 23.5. The molecule has 1 aliphatic heterocycles. The van der Waals surface area contributed by atoms with E-state index in [1.807, 2.05) is 0 Å². The Bertz CT molecular complexity index is 865. The van der Waals surface area contributed by atoms with E-state index in [1.165, 1.54) is 10.8 Å². The Morgan fingerprint density at radius 2 is 1.79 bits per heavy atom. The SMILES string of the molecule is CC(C)(C)OP(=O)(OC[C@H]1O[C@@H](n2cc([125I])c(=O)[nH]c2=O)C[C@@H]1O)OC(C)(C)C. The molecule has 0 saturated carbocycles. The van der Waals surface area contributed by atoms with Crippen LogP contribution in [-0.4, -0.2) is 44.7 Å². The van der Waals surface area contributed by atoms with E-state index in [4.69, 9.17) is 18.3 Å². The van der Waals surface area contributed by atoms with Crippen molar-refractivity contribution in [2.75, 3.05) is 6.61 Å². The second kappa shape index (κ2) is 8.89. The number of hydrogen-bond acceptors (Lipinski definition) is 8. The van der Waals surface area contributed by atoms with Crippen molar-refractivity contribution in [1.82, 2.24) is 9.55 Å². The summed E-state index contributed by atoms with van der Waals surface area (Å²) in [6.07, 6.45) is -1.19. The van der Waals surface area contributed by atoms with Crippen molar-refractivity contribution >= 4 is 30.4 Å². The summed E-state index contributed by atoms with van der Waals surface area (Å²) in [5, 5.41) is 10.3. The third-order valence-corrected chi connectivity index (χ3v) is 6.38. The van der Waals surface area contributed by atoms with E-state index in [-0.39, 0.29) is 13.0 Å². The van der Waals surface area contributed by atoms with Gasteiger partial charge in [-0.2, -0.15) is 0 Å². The lowest BCUT2D eigenvalue weighted by molar-refractivity contribution is -0.0591. The number of H-pyrrole nitrogens is 1. The first-order valence-electron chi connectivity index (χ1n) is 9.09. The predicted octanol–water partition coefficient (Wildman–Crippen LogP) is 2.54. The van der Waals surface area contributed by atoms with Crippen molar-refractivity contribution in [2.45, 2.75) is 77.6 Å². The summed E-state index contributed by atoms with van der Waals surface area (Å²) in [5.41, 5.74) is -2.73. The van der Waals surface area contributed by atoms with Gasteiger partial charge in [-0.25, -0.2) is 9.36 Å². The second-order valence-corrected chi connectivity index (χ2v) is 11.4. The standard InChI is InChI=1S/C17H28IN2O8P/c1-16(2,3)27-29(24,28-17(4,5)6)25-9-12-11(21)7-13(26-12)20-8-10(18)14(22)19-15(20)23/h8,11-13,21H,7,9H2,1-6H3,(H,19,22,23)/t11-,12+,13+/m0/s1/i18-2. The second-order valence-electron chi connectivity index (χ2n) is 8.73. The highest BCUT2D eigenvalue weighted by atomic mass is 125. The van der Waals surface area contributed by atoms with Crippen LogP contribution in [0.1, 0.15) is 54.2 Å². The number of phosphoric acid groups is 1. The number of aromatic nitrogens is 2. The third-order valence-electron chi connectivity index (χ3n) is 3.61. The number of ether oxygens (including phenoxy) is 1. The fourth-order valence-corrected chi connectivity index (χ4v) is 4.87. The van der Waals surface area contributed by atoms with Gasteiger partial charge in [-0.15, -0.1) is 0 Å². The minimum absolute atomic E-state index is 0.0978. The van der Waals surface area contributed by atoms with E-state index in [0.29, 0.717) is 3.57 Å². The zero-order valence-corrected chi connectivity index (χ0v) is 20.4. The van der Waals surface area contributed by atoms with E-state index in [1.54, 1.807) is 64.1 Å². The summed E-state index contributed by atoms with van der Waals surface area (Å²) >= 11 is 1.80. The molecule has 0 aromatic carbocycles. The maximum atomic E-state index is 13.1. The first kappa shape index (κ1) is 24.7. The van der Waals surface area contributed by atoms with Crippen LogP contribution in [0.3, 0.4) is 0 Å². The van der Waals surface area contributed by atoms with Crippen molar-refractivity contribution in [3.63, 3.8) is 0 Å². The van der Waals surface area contributed by atoms with Gasteiger partial charge in [0.25, 0.3) is 5.56 Å². The molecule has 3 atom stereocenters. The Balaban J connectivity index is 2.13. The third kappa shape index (κ3) is 7.27. The van der Waals surface area contributed by atoms with Gasteiger partial charge in [0.2, 0.25) is 0 Å². The minimum atomic E-state index is -3.97. The molecule has 29 heavy (non-hydrogen) atoms. The van der Waals surface area contributed by atoms with Crippen LogP contribution in [0.4, 0.5) is 0 Å². The molecule has 0 amide bonds. The number of nitrogens with zero attached hydrogens (tertiary/aromatic N) is 1. The molecule has 166 valence electrons. The van der Waals surface area contributed by atoms with Crippen LogP contribution >= 0.6 is 30.4 Å². The fourth-order valence-electron chi connectivity index (χ4n) is 2.62. The largest absolute Gasteiger partial charge is 0.475 e. The monoisotopic (exact) mass is 544 g/mol. The Morgan fingerprint density at radius 1 is 1.24 bits per heavy atom. The highest BCUT2D eigenvalue weighted by Gasteiger charge is 2.41. The molecule has 0 unspecified atom stereocenters. The zero-order chi connectivity index (χ0) is 22.2. The van der Waals surface area contributed by atoms with Gasteiger partial charge >= 0.3 is 13.5 Å². The maximum absolute atomic E-state index is 13.1. The molecule has 0 bridgehead atoms. The Kier molecular flexibility index (Phi) is 7.58. The Hall–Kier alpha value is -0.560. The van der Waals surface area contributed by atoms with Crippen LogP contribution in [0.25, 0.3) is 0 Å².